The third kappa shape index (κ3) is 4.61. The molecule has 0 fully saturated rings. The van der Waals surface area contributed by atoms with Gasteiger partial charge in [0.05, 0.1) is 6.21 Å². The van der Waals surface area contributed by atoms with Crippen molar-refractivity contribution in [3.8, 4) is 0 Å². The number of fused-ring (bicyclic) bond motifs is 1. The molecule has 3 rings (SSSR count). The van der Waals surface area contributed by atoms with E-state index in [0.29, 0.717) is 5.17 Å². The molecule has 0 spiro atoms. The SMILES string of the molecule is [Cl-].[Pd+2].[S-]/C(=N\N=C\c1cccs1)N1CCCc2ccccc21. The molecule has 0 bridgehead atoms. The molecule has 1 aromatic heterocycles. The van der Waals surface area contributed by atoms with Crippen molar-refractivity contribution in [3.05, 3.63) is 52.2 Å². The van der Waals surface area contributed by atoms with Crippen LogP contribution in [0.2, 0.25) is 0 Å². The second kappa shape index (κ2) is 9.39. The van der Waals surface area contributed by atoms with E-state index in [1.54, 1.807) is 17.6 Å². The Balaban J connectivity index is 0.00000121. The Morgan fingerprint density at radius 3 is 2.82 bits per heavy atom. The summed E-state index contributed by atoms with van der Waals surface area (Å²) in [7, 11) is 0. The van der Waals surface area contributed by atoms with Crippen LogP contribution in [0.4, 0.5) is 5.69 Å². The number of nitrogens with zero attached hydrogens (tertiary/aromatic N) is 3. The molecule has 0 amide bonds. The third-order valence-electron chi connectivity index (χ3n) is 3.21. The van der Waals surface area contributed by atoms with Crippen LogP contribution in [0.25, 0.3) is 0 Å². The van der Waals surface area contributed by atoms with E-state index in [2.05, 4.69) is 33.3 Å². The molecule has 0 N–H and O–H groups in total. The van der Waals surface area contributed by atoms with Crippen molar-refractivity contribution in [2.75, 3.05) is 11.4 Å². The van der Waals surface area contributed by atoms with Gasteiger partial charge < -0.3 is 29.9 Å². The first-order valence-corrected chi connectivity index (χ1v) is 7.80. The maximum Gasteiger partial charge on any atom is 2.00 e. The maximum absolute atomic E-state index is 5.39. The molecule has 0 saturated heterocycles. The van der Waals surface area contributed by atoms with Gasteiger partial charge in [-0.15, -0.1) is 11.3 Å². The van der Waals surface area contributed by atoms with Crippen molar-refractivity contribution in [3.63, 3.8) is 0 Å². The van der Waals surface area contributed by atoms with Crippen LogP contribution in [0.3, 0.4) is 0 Å². The van der Waals surface area contributed by atoms with Crippen LogP contribution in [-0.4, -0.2) is 17.9 Å². The maximum atomic E-state index is 5.39. The molecule has 118 valence electrons. The van der Waals surface area contributed by atoms with Crippen LogP contribution in [0.1, 0.15) is 16.9 Å². The second-order valence-electron chi connectivity index (χ2n) is 4.53. The number of hydrogen-bond donors (Lipinski definition) is 0. The van der Waals surface area contributed by atoms with Crippen LogP contribution in [0, 0.1) is 0 Å². The Hall–Kier alpha value is -0.768. The van der Waals surface area contributed by atoms with Crippen molar-refractivity contribution in [2.24, 2.45) is 10.2 Å². The fourth-order valence-corrected chi connectivity index (χ4v) is 3.10. The first kappa shape index (κ1) is 19.3. The molecule has 0 aliphatic carbocycles. The summed E-state index contributed by atoms with van der Waals surface area (Å²) in [6, 6.07) is 12.3. The third-order valence-corrected chi connectivity index (χ3v) is 4.32. The summed E-state index contributed by atoms with van der Waals surface area (Å²) < 4.78 is 0. The Labute approximate surface area is 160 Å². The summed E-state index contributed by atoms with van der Waals surface area (Å²) in [5, 5.41) is 10.8. The summed E-state index contributed by atoms with van der Waals surface area (Å²) in [5.74, 6) is 0. The Morgan fingerprint density at radius 2 is 2.05 bits per heavy atom. The van der Waals surface area contributed by atoms with Gasteiger partial charge in [-0.25, -0.2) is 0 Å². The van der Waals surface area contributed by atoms with E-state index in [9.17, 15) is 0 Å². The predicted octanol–water partition coefficient (Wildman–Crippen LogP) is 0.439. The van der Waals surface area contributed by atoms with Crippen molar-refractivity contribution in [1.29, 1.82) is 0 Å². The Bertz CT molecular complexity index is 644. The molecule has 2 aromatic rings. The summed E-state index contributed by atoms with van der Waals surface area (Å²) in [4.78, 5) is 3.15. The van der Waals surface area contributed by atoms with E-state index in [4.69, 9.17) is 12.6 Å². The number of benzene rings is 1. The zero-order valence-electron chi connectivity index (χ0n) is 11.6. The summed E-state index contributed by atoms with van der Waals surface area (Å²) >= 11 is 7.03. The Kier molecular flexibility index (Phi) is 8.23. The minimum Gasteiger partial charge on any atom is -1.00 e. The minimum atomic E-state index is 0. The zero-order valence-corrected chi connectivity index (χ0v) is 15.5. The van der Waals surface area contributed by atoms with Gasteiger partial charge in [0, 0.05) is 22.3 Å². The van der Waals surface area contributed by atoms with Gasteiger partial charge in [-0.2, -0.15) is 10.2 Å². The van der Waals surface area contributed by atoms with Gasteiger partial charge in [-0.3, -0.25) is 0 Å². The number of amidine groups is 1. The van der Waals surface area contributed by atoms with Gasteiger partial charge in [-0.05, 0) is 35.9 Å². The topological polar surface area (TPSA) is 28.0 Å². The monoisotopic (exact) mass is 441 g/mol. The van der Waals surface area contributed by atoms with Crippen molar-refractivity contribution >= 4 is 41.0 Å². The summed E-state index contributed by atoms with van der Waals surface area (Å²) in [6.07, 6.45) is 3.95. The largest absolute Gasteiger partial charge is 2.00 e. The molecular formula is C15H14ClN3PdS2. The van der Waals surface area contributed by atoms with Crippen LogP contribution in [0.5, 0.6) is 0 Å². The van der Waals surface area contributed by atoms with Crippen LogP contribution >= 0.6 is 11.3 Å². The molecule has 3 nitrogen and oxygen atoms in total. The minimum absolute atomic E-state index is 0. The van der Waals surface area contributed by atoms with Gasteiger partial charge >= 0.3 is 20.4 Å². The molecule has 0 unspecified atom stereocenters. The van der Waals surface area contributed by atoms with Crippen LogP contribution < -0.4 is 17.3 Å². The number of halogens is 1. The van der Waals surface area contributed by atoms with Crippen molar-refractivity contribution < 1.29 is 32.8 Å². The van der Waals surface area contributed by atoms with E-state index in [1.165, 1.54) is 11.3 Å². The molecule has 0 saturated carbocycles. The number of aryl methyl sites for hydroxylation is 1. The number of anilines is 1. The summed E-state index contributed by atoms with van der Waals surface area (Å²) in [5.41, 5.74) is 2.50. The molecule has 1 aliphatic rings. The van der Waals surface area contributed by atoms with E-state index in [0.717, 1.165) is 24.3 Å². The van der Waals surface area contributed by atoms with Crippen LogP contribution in [-0.2, 0) is 39.5 Å². The van der Waals surface area contributed by atoms with Gasteiger partial charge in [-0.1, -0.05) is 24.3 Å². The van der Waals surface area contributed by atoms with E-state index >= 15 is 0 Å². The summed E-state index contributed by atoms with van der Waals surface area (Å²) in [6.45, 7) is 0.911. The number of rotatable bonds is 2. The molecular weight excluding hydrogens is 428 g/mol. The van der Waals surface area contributed by atoms with Gasteiger partial charge in [0.2, 0.25) is 0 Å². The molecule has 2 heterocycles. The van der Waals surface area contributed by atoms with Gasteiger partial charge in [0.25, 0.3) is 0 Å². The van der Waals surface area contributed by atoms with Crippen molar-refractivity contribution in [2.45, 2.75) is 12.8 Å². The first-order chi connectivity index (χ1) is 9.84. The standard InChI is InChI=1S/C15H15N3S2.ClH.Pd/c19-15(17-16-11-13-7-4-10-20-13)18-9-3-6-12-5-1-2-8-14(12)18;;/h1-2,4-5,7-8,10-11H,3,6,9H2,(H,17,19);1H;/q;;+2/p-2/b16-11+;;. The number of para-hydroxylation sites is 1. The normalized spacial score (nSPS) is 14.2. The number of thiophene rings is 1. The average molecular weight is 442 g/mol. The fraction of sp³-hybridized carbons (Fsp3) is 0.200. The average Bonchev–Trinajstić information content (AvgIpc) is 3.00. The molecule has 1 aliphatic heterocycles. The zero-order chi connectivity index (χ0) is 13.8. The Morgan fingerprint density at radius 1 is 1.23 bits per heavy atom. The molecule has 1 aromatic carbocycles. The van der Waals surface area contributed by atoms with E-state index in [-0.39, 0.29) is 32.8 Å². The first-order valence-electron chi connectivity index (χ1n) is 6.51. The molecule has 0 radical (unpaired) electrons. The second-order valence-corrected chi connectivity index (χ2v) is 5.87. The van der Waals surface area contributed by atoms with Crippen molar-refractivity contribution in [1.82, 2.24) is 0 Å². The smallest absolute Gasteiger partial charge is 1.00 e. The van der Waals surface area contributed by atoms with Crippen LogP contribution in [0.15, 0.2) is 52.0 Å². The fourth-order valence-electron chi connectivity index (χ4n) is 2.29. The van der Waals surface area contributed by atoms with Gasteiger partial charge in [0.1, 0.15) is 0 Å². The number of hydrogen-bond acceptors (Lipinski definition) is 4. The molecule has 22 heavy (non-hydrogen) atoms. The predicted molar refractivity (Wildman–Crippen MR) is 88.8 cm³/mol. The van der Waals surface area contributed by atoms with E-state index in [1.807, 2.05) is 23.6 Å². The van der Waals surface area contributed by atoms with Gasteiger partial charge in [0.15, 0.2) is 0 Å². The molecule has 7 heteroatoms. The van der Waals surface area contributed by atoms with E-state index < -0.39 is 0 Å². The molecule has 0 atom stereocenters. The quantitative estimate of drug-likeness (QED) is 0.222.